The minimum absolute atomic E-state index is 0.255. The minimum Gasteiger partial charge on any atom is -0.371 e. The molecule has 0 aromatic heterocycles. The smallest absolute Gasteiger partial charge is 0.323 e. The summed E-state index contributed by atoms with van der Waals surface area (Å²) in [4.78, 5) is 14.8. The number of halogens is 1. The molecule has 3 aromatic rings. The lowest BCUT2D eigenvalue weighted by Crippen LogP contribution is -2.20. The first-order valence-electron chi connectivity index (χ1n) is 9.55. The number of anilines is 3. The van der Waals surface area contributed by atoms with E-state index < -0.39 is 0 Å². The summed E-state index contributed by atoms with van der Waals surface area (Å²) in [6, 6.07) is 18.3. The van der Waals surface area contributed by atoms with E-state index in [1.807, 2.05) is 24.3 Å². The molecule has 1 saturated heterocycles. The average molecular weight is 373 g/mol. The maximum Gasteiger partial charge on any atom is 0.323 e. The van der Waals surface area contributed by atoms with Crippen molar-refractivity contribution in [2.24, 2.45) is 0 Å². The van der Waals surface area contributed by atoms with Crippen LogP contribution in [0.15, 0.2) is 60.7 Å². The van der Waals surface area contributed by atoms with Crippen LogP contribution in [0.3, 0.4) is 0 Å². The zero-order valence-electron chi connectivity index (χ0n) is 15.3. The largest absolute Gasteiger partial charge is 0.371 e. The summed E-state index contributed by atoms with van der Waals surface area (Å²) in [5.74, 6) is -0.263. The van der Waals surface area contributed by atoms with Crippen molar-refractivity contribution in [3.8, 4) is 22.3 Å². The van der Waals surface area contributed by atoms with Crippen molar-refractivity contribution in [3.63, 3.8) is 0 Å². The van der Waals surface area contributed by atoms with Gasteiger partial charge < -0.3 is 15.5 Å². The minimum atomic E-state index is -0.263. The van der Waals surface area contributed by atoms with Gasteiger partial charge in [-0.1, -0.05) is 30.3 Å². The van der Waals surface area contributed by atoms with Crippen molar-refractivity contribution in [1.82, 2.24) is 0 Å². The number of amides is 2. The lowest BCUT2D eigenvalue weighted by molar-refractivity contribution is 0.262. The maximum absolute atomic E-state index is 13.5. The Hall–Kier alpha value is -3.34. The van der Waals surface area contributed by atoms with E-state index in [2.05, 4.69) is 27.7 Å². The third-order valence-corrected chi connectivity index (χ3v) is 5.44. The fourth-order valence-electron chi connectivity index (χ4n) is 4.12. The Balaban J connectivity index is 1.79. The zero-order valence-corrected chi connectivity index (χ0v) is 15.3. The molecule has 28 heavy (non-hydrogen) atoms. The second kappa shape index (κ2) is 6.68. The summed E-state index contributed by atoms with van der Waals surface area (Å²) in [5, 5.41) is 5.93. The lowest BCUT2D eigenvalue weighted by atomic mass is 9.91. The summed E-state index contributed by atoms with van der Waals surface area (Å²) >= 11 is 0. The van der Waals surface area contributed by atoms with Crippen molar-refractivity contribution >= 4 is 23.1 Å². The Morgan fingerprint density at radius 2 is 1.54 bits per heavy atom. The first kappa shape index (κ1) is 16.8. The van der Waals surface area contributed by atoms with Crippen molar-refractivity contribution < 1.29 is 9.18 Å². The van der Waals surface area contributed by atoms with Gasteiger partial charge in [0.15, 0.2) is 0 Å². The Kier molecular flexibility index (Phi) is 4.01. The predicted octanol–water partition coefficient (Wildman–Crippen LogP) is 5.72. The molecule has 2 N–H and O–H groups in total. The van der Waals surface area contributed by atoms with Gasteiger partial charge in [-0.25, -0.2) is 9.18 Å². The van der Waals surface area contributed by atoms with Crippen LogP contribution in [0, 0.1) is 5.82 Å². The van der Waals surface area contributed by atoms with Gasteiger partial charge in [0.25, 0.3) is 0 Å². The van der Waals surface area contributed by atoms with Crippen LogP contribution in [0.1, 0.15) is 12.8 Å². The van der Waals surface area contributed by atoms with Crippen LogP contribution in [-0.2, 0) is 0 Å². The quantitative estimate of drug-likeness (QED) is 0.604. The number of hydrogen-bond donors (Lipinski definition) is 2. The van der Waals surface area contributed by atoms with Crippen LogP contribution in [0.5, 0.6) is 0 Å². The number of rotatable bonds is 2. The molecular weight excluding hydrogens is 353 g/mol. The first-order chi connectivity index (χ1) is 13.7. The van der Waals surface area contributed by atoms with Gasteiger partial charge in [-0.2, -0.15) is 0 Å². The molecule has 4 nitrogen and oxygen atoms in total. The van der Waals surface area contributed by atoms with Gasteiger partial charge >= 0.3 is 6.03 Å². The number of carbonyl (C=O) groups excluding carboxylic acids is 1. The highest BCUT2D eigenvalue weighted by atomic mass is 19.1. The third-order valence-electron chi connectivity index (χ3n) is 5.44. The molecule has 0 atom stereocenters. The standard InChI is InChI=1S/C23H20FN3O/c24-16-9-7-15(8-10-16)19-13-17(27-11-3-4-12-27)14-21-22(19)18-5-1-2-6-20(18)25-23(28)26-21/h1-2,5-10,13-14H,3-4,11-12H2,(H2,25,26,28). The summed E-state index contributed by atoms with van der Waals surface area (Å²) in [7, 11) is 0. The van der Waals surface area contributed by atoms with Crippen LogP contribution in [0.4, 0.5) is 26.2 Å². The van der Waals surface area contributed by atoms with E-state index in [9.17, 15) is 9.18 Å². The number of fused-ring (bicyclic) bond motifs is 3. The number of benzene rings is 3. The summed E-state index contributed by atoms with van der Waals surface area (Å²) in [5.41, 5.74) is 6.41. The topological polar surface area (TPSA) is 44.4 Å². The molecule has 5 heteroatoms. The third kappa shape index (κ3) is 2.89. The van der Waals surface area contributed by atoms with E-state index in [0.717, 1.165) is 52.4 Å². The molecule has 0 unspecified atom stereocenters. The van der Waals surface area contributed by atoms with Gasteiger partial charge in [-0.15, -0.1) is 0 Å². The molecule has 140 valence electrons. The highest BCUT2D eigenvalue weighted by Crippen LogP contribution is 2.45. The fraction of sp³-hybridized carbons (Fsp3) is 0.174. The number of carbonyl (C=O) groups is 1. The highest BCUT2D eigenvalue weighted by Gasteiger charge is 2.24. The van der Waals surface area contributed by atoms with Crippen molar-refractivity contribution in [2.45, 2.75) is 12.8 Å². The van der Waals surface area contributed by atoms with E-state index in [-0.39, 0.29) is 11.8 Å². The molecule has 0 bridgehead atoms. The van der Waals surface area contributed by atoms with Crippen LogP contribution in [0.2, 0.25) is 0 Å². The molecule has 2 aliphatic heterocycles. The lowest BCUT2D eigenvalue weighted by Gasteiger charge is -2.23. The van der Waals surface area contributed by atoms with Crippen LogP contribution < -0.4 is 15.5 Å². The molecule has 5 rings (SSSR count). The molecule has 3 aromatic carbocycles. The molecule has 2 amide bonds. The normalized spacial score (nSPS) is 15.3. The highest BCUT2D eigenvalue weighted by molar-refractivity contribution is 6.12. The monoisotopic (exact) mass is 373 g/mol. The fourth-order valence-corrected chi connectivity index (χ4v) is 4.12. The molecule has 0 spiro atoms. The molecular formula is C23H20FN3O. The van der Waals surface area contributed by atoms with E-state index in [0.29, 0.717) is 0 Å². The van der Waals surface area contributed by atoms with Gasteiger partial charge in [-0.3, -0.25) is 0 Å². The van der Waals surface area contributed by atoms with Gasteiger partial charge in [-0.05, 0) is 54.3 Å². The number of nitrogens with zero attached hydrogens (tertiary/aromatic N) is 1. The number of urea groups is 1. The predicted molar refractivity (Wildman–Crippen MR) is 111 cm³/mol. The molecule has 0 aliphatic carbocycles. The van der Waals surface area contributed by atoms with E-state index >= 15 is 0 Å². The molecule has 0 saturated carbocycles. The molecule has 0 radical (unpaired) electrons. The second-order valence-electron chi connectivity index (χ2n) is 7.24. The second-order valence-corrected chi connectivity index (χ2v) is 7.24. The maximum atomic E-state index is 13.5. The van der Waals surface area contributed by atoms with Gasteiger partial charge in [0, 0.05) is 29.9 Å². The van der Waals surface area contributed by atoms with Crippen LogP contribution >= 0.6 is 0 Å². The summed E-state index contributed by atoms with van der Waals surface area (Å²) < 4.78 is 13.5. The molecule has 1 fully saturated rings. The van der Waals surface area contributed by atoms with E-state index in [4.69, 9.17) is 0 Å². The van der Waals surface area contributed by atoms with Crippen molar-refractivity contribution in [2.75, 3.05) is 28.6 Å². The Morgan fingerprint density at radius 3 is 2.32 bits per heavy atom. The van der Waals surface area contributed by atoms with Crippen molar-refractivity contribution in [3.05, 3.63) is 66.5 Å². The van der Waals surface area contributed by atoms with Gasteiger partial charge in [0.2, 0.25) is 0 Å². The zero-order chi connectivity index (χ0) is 19.1. The Bertz CT molecular complexity index is 1060. The van der Waals surface area contributed by atoms with Gasteiger partial charge in [0.05, 0.1) is 11.4 Å². The number of para-hydroxylation sites is 1. The number of hydrogen-bond acceptors (Lipinski definition) is 2. The SMILES string of the molecule is O=C1Nc2ccccc2-c2c(cc(N3CCCC3)cc2-c2ccc(F)cc2)N1. The average Bonchev–Trinajstić information content (AvgIpc) is 3.19. The first-order valence-corrected chi connectivity index (χ1v) is 9.55. The van der Waals surface area contributed by atoms with Crippen molar-refractivity contribution in [1.29, 1.82) is 0 Å². The number of nitrogens with one attached hydrogen (secondary N) is 2. The summed E-state index contributed by atoms with van der Waals surface area (Å²) in [6.07, 6.45) is 2.33. The molecule has 2 aliphatic rings. The van der Waals surface area contributed by atoms with E-state index in [1.165, 1.54) is 25.0 Å². The molecule has 2 heterocycles. The van der Waals surface area contributed by atoms with Gasteiger partial charge in [0.1, 0.15) is 5.82 Å². The van der Waals surface area contributed by atoms with Crippen LogP contribution in [0.25, 0.3) is 22.3 Å². The summed E-state index contributed by atoms with van der Waals surface area (Å²) in [6.45, 7) is 2.01. The van der Waals surface area contributed by atoms with E-state index in [1.54, 1.807) is 12.1 Å². The Morgan fingerprint density at radius 1 is 0.821 bits per heavy atom. The van der Waals surface area contributed by atoms with Crippen LogP contribution in [-0.4, -0.2) is 19.1 Å². The Labute approximate surface area is 163 Å².